The number of rotatable bonds is 5. The number of nitrogens with zero attached hydrogens (tertiary/aromatic N) is 2. The molecule has 5 nitrogen and oxygen atoms in total. The van der Waals surface area contributed by atoms with Crippen LogP contribution in [0.2, 0.25) is 0 Å². The van der Waals surface area contributed by atoms with Crippen LogP contribution in [0.1, 0.15) is 13.8 Å². The molecule has 0 radical (unpaired) electrons. The van der Waals surface area contributed by atoms with Gasteiger partial charge in [-0.25, -0.2) is 4.68 Å². The highest BCUT2D eigenvalue weighted by atomic mass is 32.1. The Balaban J connectivity index is 2.37. The minimum absolute atomic E-state index is 0.438. The largest absolute Gasteiger partial charge is 0.362 e. The van der Waals surface area contributed by atoms with Gasteiger partial charge in [0.05, 0.1) is 18.1 Å². The van der Waals surface area contributed by atoms with Crippen LogP contribution in [0.3, 0.4) is 0 Å². The molecule has 0 atom stereocenters. The van der Waals surface area contributed by atoms with Crippen LogP contribution in [0.15, 0.2) is 12.4 Å². The lowest BCUT2D eigenvalue weighted by molar-refractivity contribution is 0.120. The minimum Gasteiger partial charge on any atom is -0.362 e. The summed E-state index contributed by atoms with van der Waals surface area (Å²) in [5, 5.41) is 10.9. The zero-order chi connectivity index (χ0) is 12.0. The van der Waals surface area contributed by atoms with Gasteiger partial charge in [-0.3, -0.25) is 0 Å². The first-order chi connectivity index (χ1) is 7.61. The first-order valence-corrected chi connectivity index (χ1v) is 5.59. The summed E-state index contributed by atoms with van der Waals surface area (Å²) in [5.74, 6) is 0.566. The van der Waals surface area contributed by atoms with Gasteiger partial charge in [0.25, 0.3) is 0 Å². The van der Waals surface area contributed by atoms with Gasteiger partial charge in [0.2, 0.25) is 0 Å². The van der Waals surface area contributed by atoms with E-state index in [0.29, 0.717) is 17.8 Å². The number of methoxy groups -OCH3 is 1. The maximum absolute atomic E-state index is 5.14. The van der Waals surface area contributed by atoms with E-state index in [1.54, 1.807) is 18.0 Å². The second-order valence-electron chi connectivity index (χ2n) is 3.92. The Bertz CT molecular complexity index is 337. The van der Waals surface area contributed by atoms with E-state index in [1.165, 1.54) is 0 Å². The van der Waals surface area contributed by atoms with Crippen LogP contribution in [0, 0.1) is 5.92 Å². The molecule has 1 heterocycles. The molecule has 0 saturated heterocycles. The standard InChI is InChI=1S/C10H18N4OS/c1-8(2)4-11-10(16)13-9-5-12-14(6-9)7-15-3/h5-6,8H,4,7H2,1-3H3,(H2,11,13,16). The fraction of sp³-hybridized carbons (Fsp3) is 0.600. The maximum atomic E-state index is 5.14. The van der Waals surface area contributed by atoms with E-state index >= 15 is 0 Å². The van der Waals surface area contributed by atoms with E-state index in [2.05, 4.69) is 29.6 Å². The van der Waals surface area contributed by atoms with Gasteiger partial charge in [-0.1, -0.05) is 13.8 Å². The average Bonchev–Trinajstić information content (AvgIpc) is 2.63. The van der Waals surface area contributed by atoms with Crippen molar-refractivity contribution in [1.82, 2.24) is 15.1 Å². The maximum Gasteiger partial charge on any atom is 0.170 e. The van der Waals surface area contributed by atoms with Crippen molar-refractivity contribution in [2.75, 3.05) is 19.0 Å². The Hall–Kier alpha value is -1.14. The van der Waals surface area contributed by atoms with Gasteiger partial charge in [-0.05, 0) is 18.1 Å². The van der Waals surface area contributed by atoms with Crippen LogP contribution >= 0.6 is 12.2 Å². The molecular weight excluding hydrogens is 224 g/mol. The quantitative estimate of drug-likeness (QED) is 0.765. The van der Waals surface area contributed by atoms with Gasteiger partial charge in [0.15, 0.2) is 5.11 Å². The number of hydrogen-bond donors (Lipinski definition) is 2. The summed E-state index contributed by atoms with van der Waals surface area (Å²) in [6.45, 7) is 5.56. The fourth-order valence-electron chi connectivity index (χ4n) is 1.10. The smallest absolute Gasteiger partial charge is 0.170 e. The fourth-order valence-corrected chi connectivity index (χ4v) is 1.30. The molecule has 0 saturated carbocycles. The zero-order valence-electron chi connectivity index (χ0n) is 9.86. The van der Waals surface area contributed by atoms with Crippen LogP contribution in [-0.4, -0.2) is 28.5 Å². The van der Waals surface area contributed by atoms with Gasteiger partial charge in [0.1, 0.15) is 6.73 Å². The lowest BCUT2D eigenvalue weighted by Gasteiger charge is -2.10. The molecular formula is C10H18N4OS. The number of nitrogens with one attached hydrogen (secondary N) is 2. The summed E-state index contributed by atoms with van der Waals surface area (Å²) in [6.07, 6.45) is 3.55. The Labute approximate surface area is 101 Å². The third kappa shape index (κ3) is 4.59. The van der Waals surface area contributed by atoms with Crippen molar-refractivity contribution in [3.8, 4) is 0 Å². The van der Waals surface area contributed by atoms with Gasteiger partial charge in [0, 0.05) is 13.7 Å². The highest BCUT2D eigenvalue weighted by Gasteiger charge is 2.01. The van der Waals surface area contributed by atoms with Crippen LogP contribution in [0.4, 0.5) is 5.69 Å². The molecule has 0 aliphatic rings. The summed E-state index contributed by atoms with van der Waals surface area (Å²) < 4.78 is 6.64. The Kier molecular flexibility index (Phi) is 5.21. The average molecular weight is 242 g/mol. The first kappa shape index (κ1) is 12.9. The number of thiocarbonyl (C=S) groups is 1. The van der Waals surface area contributed by atoms with E-state index < -0.39 is 0 Å². The van der Waals surface area contributed by atoms with E-state index in [0.717, 1.165) is 12.2 Å². The first-order valence-electron chi connectivity index (χ1n) is 5.18. The second-order valence-corrected chi connectivity index (χ2v) is 4.32. The second kappa shape index (κ2) is 6.44. The molecule has 0 unspecified atom stereocenters. The van der Waals surface area contributed by atoms with Crippen molar-refractivity contribution >= 4 is 23.0 Å². The predicted octanol–water partition coefficient (Wildman–Crippen LogP) is 1.43. The minimum atomic E-state index is 0.438. The predicted molar refractivity (Wildman–Crippen MR) is 68.3 cm³/mol. The van der Waals surface area contributed by atoms with Crippen LogP contribution in [0.5, 0.6) is 0 Å². The highest BCUT2D eigenvalue weighted by molar-refractivity contribution is 7.80. The summed E-state index contributed by atoms with van der Waals surface area (Å²) >= 11 is 5.14. The van der Waals surface area contributed by atoms with Crippen molar-refractivity contribution in [3.63, 3.8) is 0 Å². The number of hydrogen-bond acceptors (Lipinski definition) is 3. The van der Waals surface area contributed by atoms with Gasteiger partial charge in [-0.2, -0.15) is 5.10 Å². The third-order valence-corrected chi connectivity index (χ3v) is 2.07. The molecule has 16 heavy (non-hydrogen) atoms. The van der Waals surface area contributed by atoms with E-state index in [4.69, 9.17) is 17.0 Å². The molecule has 6 heteroatoms. The van der Waals surface area contributed by atoms with Gasteiger partial charge < -0.3 is 15.4 Å². The molecule has 0 aromatic carbocycles. The van der Waals surface area contributed by atoms with E-state index in [9.17, 15) is 0 Å². The highest BCUT2D eigenvalue weighted by Crippen LogP contribution is 2.04. The molecule has 0 bridgehead atoms. The topological polar surface area (TPSA) is 51.1 Å². The normalized spacial score (nSPS) is 10.5. The van der Waals surface area contributed by atoms with Crippen LogP contribution in [-0.2, 0) is 11.5 Å². The van der Waals surface area contributed by atoms with Crippen molar-refractivity contribution in [1.29, 1.82) is 0 Å². The summed E-state index contributed by atoms with van der Waals surface area (Å²) in [5.41, 5.74) is 0.860. The van der Waals surface area contributed by atoms with Crippen molar-refractivity contribution < 1.29 is 4.74 Å². The lowest BCUT2D eigenvalue weighted by atomic mass is 10.2. The monoisotopic (exact) mass is 242 g/mol. The van der Waals surface area contributed by atoms with Crippen molar-refractivity contribution in [3.05, 3.63) is 12.4 Å². The van der Waals surface area contributed by atoms with E-state index in [-0.39, 0.29) is 0 Å². The lowest BCUT2D eigenvalue weighted by Crippen LogP contribution is -2.31. The molecule has 0 aliphatic carbocycles. The van der Waals surface area contributed by atoms with Crippen molar-refractivity contribution in [2.24, 2.45) is 5.92 Å². The Morgan fingerprint density at radius 1 is 1.62 bits per heavy atom. The summed E-state index contributed by atoms with van der Waals surface area (Å²) in [6, 6.07) is 0. The molecule has 1 rings (SSSR count). The van der Waals surface area contributed by atoms with Crippen LogP contribution < -0.4 is 10.6 Å². The Morgan fingerprint density at radius 3 is 3.00 bits per heavy atom. The van der Waals surface area contributed by atoms with Gasteiger partial charge >= 0.3 is 0 Å². The van der Waals surface area contributed by atoms with Gasteiger partial charge in [-0.15, -0.1) is 0 Å². The van der Waals surface area contributed by atoms with Crippen molar-refractivity contribution in [2.45, 2.75) is 20.6 Å². The molecule has 0 fully saturated rings. The molecule has 2 N–H and O–H groups in total. The molecule has 0 aliphatic heterocycles. The molecule has 90 valence electrons. The molecule has 1 aromatic rings. The van der Waals surface area contributed by atoms with Crippen LogP contribution in [0.25, 0.3) is 0 Å². The number of anilines is 1. The third-order valence-electron chi connectivity index (χ3n) is 1.82. The zero-order valence-corrected chi connectivity index (χ0v) is 10.7. The molecule has 0 spiro atoms. The number of ether oxygens (including phenoxy) is 1. The Morgan fingerprint density at radius 2 is 2.38 bits per heavy atom. The number of aromatic nitrogens is 2. The molecule has 1 aromatic heterocycles. The summed E-state index contributed by atoms with van der Waals surface area (Å²) in [7, 11) is 1.63. The SMILES string of the molecule is COCn1cc(NC(=S)NCC(C)C)cn1. The summed E-state index contributed by atoms with van der Waals surface area (Å²) in [4.78, 5) is 0. The van der Waals surface area contributed by atoms with E-state index in [1.807, 2.05) is 6.20 Å². The molecule has 0 amide bonds.